The highest BCUT2D eigenvalue weighted by Crippen LogP contribution is 2.47. The second kappa shape index (κ2) is 13.0. The number of carbonyl (C=O) groups excluding carboxylic acids is 1. The molecule has 1 N–H and O–H groups in total. The van der Waals surface area contributed by atoms with E-state index >= 15 is 0 Å². The van der Waals surface area contributed by atoms with Crippen molar-refractivity contribution in [2.24, 2.45) is 5.92 Å². The molecule has 0 radical (unpaired) electrons. The molecule has 0 unspecified atom stereocenters. The van der Waals surface area contributed by atoms with E-state index in [0.717, 1.165) is 17.7 Å². The highest BCUT2D eigenvalue weighted by atomic mass is 32.2. The van der Waals surface area contributed by atoms with Gasteiger partial charge >= 0.3 is 11.9 Å². The van der Waals surface area contributed by atoms with Crippen LogP contribution in [0.1, 0.15) is 90.9 Å². The van der Waals surface area contributed by atoms with Gasteiger partial charge in [0.15, 0.2) is 0 Å². The van der Waals surface area contributed by atoms with Crippen LogP contribution >= 0.6 is 11.8 Å². The Morgan fingerprint density at radius 1 is 0.967 bits per heavy atom. The molecule has 0 aliphatic carbocycles. The standard InChI is InChI=1S/C25H38O4S/c1-3-4-5-6-7-8-9-10-11-12-16-19-21-22(23(26)27)25(2,24(28)29-21)30-20-17-14-13-15-18-20/h13-15,17-18,21-22H,3-12,16,19H2,1-2H3,(H,26,27)/t21-,22+,25-/m1/s1. The fourth-order valence-electron chi connectivity index (χ4n) is 4.27. The molecule has 1 saturated heterocycles. The fourth-order valence-corrected chi connectivity index (χ4v) is 5.57. The lowest BCUT2D eigenvalue weighted by Gasteiger charge is -2.25. The van der Waals surface area contributed by atoms with Crippen LogP contribution in [0.5, 0.6) is 0 Å². The van der Waals surface area contributed by atoms with Crippen LogP contribution in [0.3, 0.4) is 0 Å². The SMILES string of the molecule is CCCCCCCCCCCCC[C@H]1OC(=O)[C@](C)(Sc2ccccc2)[C@@H]1C(=O)O. The van der Waals surface area contributed by atoms with Gasteiger partial charge in [-0.3, -0.25) is 9.59 Å². The molecule has 4 nitrogen and oxygen atoms in total. The van der Waals surface area contributed by atoms with Gasteiger partial charge in [0, 0.05) is 4.90 Å². The van der Waals surface area contributed by atoms with Crippen molar-refractivity contribution in [1.29, 1.82) is 0 Å². The van der Waals surface area contributed by atoms with E-state index in [4.69, 9.17) is 4.74 Å². The summed E-state index contributed by atoms with van der Waals surface area (Å²) in [7, 11) is 0. The largest absolute Gasteiger partial charge is 0.481 e. The molecule has 3 atom stereocenters. The Bertz CT molecular complexity index is 648. The summed E-state index contributed by atoms with van der Waals surface area (Å²) in [5, 5.41) is 9.85. The molecule has 2 rings (SSSR count). The van der Waals surface area contributed by atoms with Crippen molar-refractivity contribution < 1.29 is 19.4 Å². The van der Waals surface area contributed by atoms with Gasteiger partial charge in [-0.25, -0.2) is 0 Å². The molecule has 1 aliphatic heterocycles. The lowest BCUT2D eigenvalue weighted by atomic mass is 9.88. The van der Waals surface area contributed by atoms with Gasteiger partial charge in [-0.1, -0.05) is 89.3 Å². The minimum absolute atomic E-state index is 0.406. The number of ether oxygens (including phenoxy) is 1. The first-order valence-corrected chi connectivity index (χ1v) is 12.5. The first-order valence-electron chi connectivity index (χ1n) is 11.7. The summed E-state index contributed by atoms with van der Waals surface area (Å²) < 4.78 is 4.49. The molecule has 5 heteroatoms. The number of esters is 1. The van der Waals surface area contributed by atoms with E-state index in [0.29, 0.717) is 6.42 Å². The zero-order valence-corrected chi connectivity index (χ0v) is 19.4. The second-order valence-electron chi connectivity index (χ2n) is 8.61. The first kappa shape index (κ1) is 24.8. The van der Waals surface area contributed by atoms with Gasteiger partial charge in [0.1, 0.15) is 16.8 Å². The maximum Gasteiger partial charge on any atom is 0.323 e. The Morgan fingerprint density at radius 2 is 1.50 bits per heavy atom. The highest BCUT2D eigenvalue weighted by Gasteiger charge is 2.58. The van der Waals surface area contributed by atoms with Gasteiger partial charge < -0.3 is 9.84 Å². The maximum atomic E-state index is 12.6. The number of benzene rings is 1. The second-order valence-corrected chi connectivity index (χ2v) is 10.1. The van der Waals surface area contributed by atoms with Crippen LogP contribution < -0.4 is 0 Å². The predicted molar refractivity (Wildman–Crippen MR) is 123 cm³/mol. The van der Waals surface area contributed by atoms with Crippen LogP contribution in [-0.4, -0.2) is 27.9 Å². The molecular weight excluding hydrogens is 396 g/mol. The van der Waals surface area contributed by atoms with Crippen LogP contribution in [0.25, 0.3) is 0 Å². The van der Waals surface area contributed by atoms with Crippen LogP contribution in [0, 0.1) is 5.92 Å². The number of unbranched alkanes of at least 4 members (excludes halogenated alkanes) is 10. The average molecular weight is 435 g/mol. The lowest BCUT2D eigenvalue weighted by Crippen LogP contribution is -2.40. The summed E-state index contributed by atoms with van der Waals surface area (Å²) in [6, 6.07) is 9.50. The monoisotopic (exact) mass is 434 g/mol. The minimum atomic E-state index is -1.09. The van der Waals surface area contributed by atoms with Crippen molar-refractivity contribution in [1.82, 2.24) is 0 Å². The van der Waals surface area contributed by atoms with E-state index in [2.05, 4.69) is 6.92 Å². The summed E-state index contributed by atoms with van der Waals surface area (Å²) in [6.45, 7) is 3.96. The number of carboxylic acids is 1. The van der Waals surface area contributed by atoms with Crippen LogP contribution in [0.2, 0.25) is 0 Å². The number of hydrogen-bond acceptors (Lipinski definition) is 4. The Kier molecular flexibility index (Phi) is 10.8. The summed E-state index contributed by atoms with van der Waals surface area (Å²) in [6.07, 6.45) is 13.8. The van der Waals surface area contributed by atoms with Gasteiger partial charge in [-0.15, -0.1) is 11.8 Å². The molecular formula is C25H38O4S. The van der Waals surface area contributed by atoms with Crippen LogP contribution in [-0.2, 0) is 14.3 Å². The molecule has 30 heavy (non-hydrogen) atoms. The van der Waals surface area contributed by atoms with E-state index in [1.807, 2.05) is 30.3 Å². The van der Waals surface area contributed by atoms with E-state index in [9.17, 15) is 14.7 Å². The topological polar surface area (TPSA) is 63.6 Å². The number of cyclic esters (lactones) is 1. The summed E-state index contributed by atoms with van der Waals surface area (Å²) >= 11 is 1.31. The van der Waals surface area contributed by atoms with Gasteiger partial charge in [0.25, 0.3) is 0 Å². The van der Waals surface area contributed by atoms with E-state index in [-0.39, 0.29) is 0 Å². The molecule has 0 spiro atoms. The molecule has 0 aromatic heterocycles. The summed E-state index contributed by atoms with van der Waals surface area (Å²) in [5.41, 5.74) is 0. The third-order valence-electron chi connectivity index (χ3n) is 6.06. The van der Waals surface area contributed by atoms with Gasteiger partial charge in [-0.05, 0) is 31.9 Å². The van der Waals surface area contributed by atoms with Gasteiger partial charge in [-0.2, -0.15) is 0 Å². The van der Waals surface area contributed by atoms with E-state index in [1.54, 1.807) is 6.92 Å². The fraction of sp³-hybridized carbons (Fsp3) is 0.680. The number of rotatable bonds is 15. The Labute approximate surface area is 186 Å². The summed E-state index contributed by atoms with van der Waals surface area (Å²) in [5.74, 6) is -2.17. The molecule has 1 heterocycles. The summed E-state index contributed by atoms with van der Waals surface area (Å²) in [4.78, 5) is 25.5. The van der Waals surface area contributed by atoms with Crippen LogP contribution in [0.15, 0.2) is 35.2 Å². The van der Waals surface area contributed by atoms with Crippen molar-refractivity contribution in [3.8, 4) is 0 Å². The Hall–Kier alpha value is -1.49. The number of carboxylic acid groups (broad SMARTS) is 1. The maximum absolute atomic E-state index is 12.6. The average Bonchev–Trinajstić information content (AvgIpc) is 2.96. The van der Waals surface area contributed by atoms with Crippen LogP contribution in [0.4, 0.5) is 0 Å². The molecule has 1 fully saturated rings. The molecule has 0 saturated carbocycles. The smallest absolute Gasteiger partial charge is 0.323 e. The van der Waals surface area contributed by atoms with Crippen molar-refractivity contribution in [3.05, 3.63) is 30.3 Å². The van der Waals surface area contributed by atoms with Crippen molar-refractivity contribution in [2.75, 3.05) is 0 Å². The highest BCUT2D eigenvalue weighted by molar-refractivity contribution is 8.01. The normalized spacial score (nSPS) is 23.5. The molecule has 0 bridgehead atoms. The van der Waals surface area contributed by atoms with E-state index < -0.39 is 28.7 Å². The Balaban J connectivity index is 1.73. The number of carbonyl (C=O) groups is 2. The number of thioether (sulfide) groups is 1. The van der Waals surface area contributed by atoms with Crippen molar-refractivity contribution in [3.63, 3.8) is 0 Å². The first-order chi connectivity index (χ1) is 14.5. The van der Waals surface area contributed by atoms with Crippen molar-refractivity contribution in [2.45, 2.75) is 107 Å². The number of aliphatic carboxylic acids is 1. The molecule has 168 valence electrons. The third kappa shape index (κ3) is 7.33. The van der Waals surface area contributed by atoms with Gasteiger partial charge in [0.2, 0.25) is 0 Å². The quantitative estimate of drug-likeness (QED) is 0.241. The molecule has 1 aromatic rings. The van der Waals surface area contributed by atoms with Gasteiger partial charge in [0.05, 0.1) is 0 Å². The minimum Gasteiger partial charge on any atom is -0.481 e. The molecule has 1 aromatic carbocycles. The zero-order valence-electron chi connectivity index (χ0n) is 18.6. The van der Waals surface area contributed by atoms with E-state index in [1.165, 1.54) is 69.5 Å². The lowest BCUT2D eigenvalue weighted by molar-refractivity contribution is -0.144. The Morgan fingerprint density at radius 3 is 2.03 bits per heavy atom. The number of hydrogen-bond donors (Lipinski definition) is 1. The van der Waals surface area contributed by atoms with Crippen molar-refractivity contribution >= 4 is 23.7 Å². The molecule has 0 amide bonds. The zero-order chi connectivity index (χ0) is 21.8. The third-order valence-corrected chi connectivity index (χ3v) is 7.41. The molecule has 1 aliphatic rings. The predicted octanol–water partition coefficient (Wildman–Crippen LogP) is 6.86.